The van der Waals surface area contributed by atoms with Gasteiger partial charge in [0.15, 0.2) is 0 Å². The van der Waals surface area contributed by atoms with Gasteiger partial charge < -0.3 is 0 Å². The second-order valence-electron chi connectivity index (χ2n) is 3.44. The zero-order valence-electron chi connectivity index (χ0n) is 8.77. The number of hydrogen-bond donors (Lipinski definition) is 1. The number of hydrogen-bond acceptors (Lipinski definition) is 4. The van der Waals surface area contributed by atoms with E-state index in [9.17, 15) is 13.2 Å². The third kappa shape index (κ3) is 3.18. The van der Waals surface area contributed by atoms with Crippen molar-refractivity contribution in [1.29, 1.82) is 0 Å². The zero-order valence-corrected chi connectivity index (χ0v) is 10.3. The first kappa shape index (κ1) is 12.9. The van der Waals surface area contributed by atoms with Crippen molar-refractivity contribution < 1.29 is 13.2 Å². The van der Waals surface area contributed by atoms with Crippen LogP contribution in [0.4, 0.5) is 0 Å². The fourth-order valence-electron chi connectivity index (χ4n) is 0.861. The molecule has 0 fully saturated rings. The lowest BCUT2D eigenvalue weighted by Gasteiger charge is -2.08. The van der Waals surface area contributed by atoms with Crippen LogP contribution in [0.3, 0.4) is 0 Å². The van der Waals surface area contributed by atoms with Crippen molar-refractivity contribution in [3.63, 3.8) is 0 Å². The van der Waals surface area contributed by atoms with E-state index in [4.69, 9.17) is 11.6 Å². The van der Waals surface area contributed by atoms with Crippen molar-refractivity contribution in [3.05, 3.63) is 23.5 Å². The van der Waals surface area contributed by atoms with Crippen molar-refractivity contribution in [1.82, 2.24) is 9.71 Å². The number of pyridine rings is 1. The summed E-state index contributed by atoms with van der Waals surface area (Å²) in [6, 6.07) is 2.44. The fourth-order valence-corrected chi connectivity index (χ4v) is 2.22. The molecule has 5 nitrogen and oxygen atoms in total. The van der Waals surface area contributed by atoms with E-state index in [1.54, 1.807) is 13.8 Å². The molecule has 1 N–H and O–H groups in total. The highest BCUT2D eigenvalue weighted by Gasteiger charge is 2.19. The summed E-state index contributed by atoms with van der Waals surface area (Å²) in [5.41, 5.74) is 0. The second-order valence-corrected chi connectivity index (χ2v) is 5.51. The highest BCUT2D eigenvalue weighted by atomic mass is 35.5. The first-order valence-electron chi connectivity index (χ1n) is 4.51. The van der Waals surface area contributed by atoms with Gasteiger partial charge in [0, 0.05) is 12.1 Å². The molecule has 1 amide bonds. The SMILES string of the molecule is CC(C)C(=O)NS(=O)(=O)c1ccnc(Cl)c1. The molecule has 0 radical (unpaired) electrons. The van der Waals surface area contributed by atoms with Crippen molar-refractivity contribution in [3.8, 4) is 0 Å². The number of carbonyl (C=O) groups is 1. The Morgan fingerprint density at radius 1 is 1.50 bits per heavy atom. The lowest BCUT2D eigenvalue weighted by molar-refractivity contribution is -0.122. The summed E-state index contributed by atoms with van der Waals surface area (Å²) >= 11 is 5.56. The number of aromatic nitrogens is 1. The summed E-state index contributed by atoms with van der Waals surface area (Å²) in [5.74, 6) is -0.972. The Kier molecular flexibility index (Phi) is 3.88. The second kappa shape index (κ2) is 4.80. The van der Waals surface area contributed by atoms with Crippen LogP contribution in [0.5, 0.6) is 0 Å². The molecule has 0 spiro atoms. The Bertz CT molecular complexity index is 499. The van der Waals surface area contributed by atoms with Crippen LogP contribution in [-0.4, -0.2) is 19.3 Å². The Labute approximate surface area is 98.9 Å². The van der Waals surface area contributed by atoms with Crippen molar-refractivity contribution in [2.24, 2.45) is 5.92 Å². The monoisotopic (exact) mass is 262 g/mol. The van der Waals surface area contributed by atoms with Crippen LogP contribution in [0.15, 0.2) is 23.2 Å². The molecule has 0 unspecified atom stereocenters. The lowest BCUT2D eigenvalue weighted by Crippen LogP contribution is -2.33. The van der Waals surface area contributed by atoms with Gasteiger partial charge in [-0.25, -0.2) is 18.1 Å². The van der Waals surface area contributed by atoms with E-state index in [-0.39, 0.29) is 10.0 Å². The molecule has 7 heteroatoms. The molecule has 0 bridgehead atoms. The summed E-state index contributed by atoms with van der Waals surface area (Å²) in [7, 11) is -3.85. The average molecular weight is 263 g/mol. The molecule has 0 aliphatic carbocycles. The average Bonchev–Trinajstić information content (AvgIpc) is 2.17. The number of nitrogens with zero attached hydrogens (tertiary/aromatic N) is 1. The normalized spacial score (nSPS) is 11.5. The Balaban J connectivity index is 2.99. The van der Waals surface area contributed by atoms with Gasteiger partial charge in [0.05, 0.1) is 4.90 Å². The Hall–Kier alpha value is -1.14. The van der Waals surface area contributed by atoms with Gasteiger partial charge in [-0.15, -0.1) is 0 Å². The summed E-state index contributed by atoms with van der Waals surface area (Å²) < 4.78 is 25.3. The summed E-state index contributed by atoms with van der Waals surface area (Å²) in [6.07, 6.45) is 1.26. The van der Waals surface area contributed by atoms with E-state index < -0.39 is 21.8 Å². The van der Waals surface area contributed by atoms with Crippen LogP contribution in [-0.2, 0) is 14.8 Å². The van der Waals surface area contributed by atoms with E-state index in [1.807, 2.05) is 4.72 Å². The first-order valence-corrected chi connectivity index (χ1v) is 6.37. The molecule has 1 heterocycles. The minimum atomic E-state index is -3.85. The molecule has 1 aromatic heterocycles. The molecule has 0 aliphatic heterocycles. The van der Waals surface area contributed by atoms with E-state index in [2.05, 4.69) is 4.98 Å². The number of sulfonamides is 1. The van der Waals surface area contributed by atoms with E-state index in [1.165, 1.54) is 18.3 Å². The van der Waals surface area contributed by atoms with E-state index in [0.717, 1.165) is 0 Å². The number of carbonyl (C=O) groups excluding carboxylic acids is 1. The van der Waals surface area contributed by atoms with Gasteiger partial charge in [-0.05, 0) is 12.1 Å². The van der Waals surface area contributed by atoms with E-state index >= 15 is 0 Å². The summed E-state index contributed by atoms with van der Waals surface area (Å²) in [4.78, 5) is 14.9. The predicted molar refractivity (Wildman–Crippen MR) is 59.4 cm³/mol. The molecule has 16 heavy (non-hydrogen) atoms. The highest BCUT2D eigenvalue weighted by Crippen LogP contribution is 2.12. The largest absolute Gasteiger partial charge is 0.274 e. The quantitative estimate of drug-likeness (QED) is 0.831. The molecule has 1 aromatic rings. The molecule has 0 aliphatic rings. The molecule has 0 saturated carbocycles. The lowest BCUT2D eigenvalue weighted by atomic mass is 10.2. The van der Waals surface area contributed by atoms with Crippen LogP contribution < -0.4 is 4.72 Å². The standard InChI is InChI=1S/C9H11ClN2O3S/c1-6(2)9(13)12-16(14,15)7-3-4-11-8(10)5-7/h3-6H,1-2H3,(H,12,13). The minimum absolute atomic E-state index is 0.0554. The predicted octanol–water partition coefficient (Wildman–Crippen LogP) is 1.20. The van der Waals surface area contributed by atoms with Gasteiger partial charge in [-0.3, -0.25) is 4.79 Å². The van der Waals surface area contributed by atoms with Crippen molar-refractivity contribution >= 4 is 27.5 Å². The fraction of sp³-hybridized carbons (Fsp3) is 0.333. The molecule has 1 rings (SSSR count). The van der Waals surface area contributed by atoms with Gasteiger partial charge in [-0.1, -0.05) is 25.4 Å². The zero-order chi connectivity index (χ0) is 12.3. The maximum Gasteiger partial charge on any atom is 0.264 e. The van der Waals surface area contributed by atoms with Gasteiger partial charge >= 0.3 is 0 Å². The third-order valence-electron chi connectivity index (χ3n) is 1.77. The Morgan fingerprint density at radius 2 is 2.12 bits per heavy atom. The highest BCUT2D eigenvalue weighted by molar-refractivity contribution is 7.90. The molecule has 0 saturated heterocycles. The van der Waals surface area contributed by atoms with E-state index in [0.29, 0.717) is 0 Å². The maximum atomic E-state index is 11.7. The minimum Gasteiger partial charge on any atom is -0.274 e. The molecular weight excluding hydrogens is 252 g/mol. The van der Waals surface area contributed by atoms with Gasteiger partial charge in [0.2, 0.25) is 5.91 Å². The van der Waals surface area contributed by atoms with Crippen LogP contribution in [0.25, 0.3) is 0 Å². The molecule has 0 aromatic carbocycles. The van der Waals surface area contributed by atoms with Gasteiger partial charge in [-0.2, -0.15) is 0 Å². The third-order valence-corrected chi connectivity index (χ3v) is 3.32. The first-order chi connectivity index (χ1) is 7.33. The molecule has 0 atom stereocenters. The summed E-state index contributed by atoms with van der Waals surface area (Å²) in [5, 5.41) is 0.0554. The van der Waals surface area contributed by atoms with Gasteiger partial charge in [0.1, 0.15) is 5.15 Å². The topological polar surface area (TPSA) is 76.1 Å². The van der Waals surface area contributed by atoms with Crippen LogP contribution in [0.1, 0.15) is 13.8 Å². The van der Waals surface area contributed by atoms with Crippen molar-refractivity contribution in [2.45, 2.75) is 18.7 Å². The number of halogens is 1. The summed E-state index contributed by atoms with van der Waals surface area (Å²) in [6.45, 7) is 3.20. The number of amides is 1. The van der Waals surface area contributed by atoms with Crippen molar-refractivity contribution in [2.75, 3.05) is 0 Å². The van der Waals surface area contributed by atoms with Crippen LogP contribution in [0.2, 0.25) is 5.15 Å². The maximum absolute atomic E-state index is 11.7. The number of rotatable bonds is 3. The van der Waals surface area contributed by atoms with Crippen LogP contribution in [0, 0.1) is 5.92 Å². The smallest absolute Gasteiger partial charge is 0.264 e. The van der Waals surface area contributed by atoms with Gasteiger partial charge in [0.25, 0.3) is 10.0 Å². The molecular formula is C9H11ClN2O3S. The Morgan fingerprint density at radius 3 is 2.62 bits per heavy atom. The number of nitrogens with one attached hydrogen (secondary N) is 1. The van der Waals surface area contributed by atoms with Crippen LogP contribution >= 0.6 is 11.6 Å². The molecule has 88 valence electrons.